The van der Waals surface area contributed by atoms with Gasteiger partial charge in [-0.25, -0.2) is 15.8 Å². The number of aromatic nitrogens is 2. The fraction of sp³-hybridized carbons (Fsp3) is 0.600. The Kier molecular flexibility index (Phi) is 4.87. The molecule has 1 aromatic heterocycles. The van der Waals surface area contributed by atoms with Crippen molar-refractivity contribution < 1.29 is 0 Å². The molecule has 0 spiro atoms. The second kappa shape index (κ2) is 6.42. The van der Waals surface area contributed by atoms with E-state index in [4.69, 9.17) is 5.84 Å². The molecular formula is C10H16BrN5S. The van der Waals surface area contributed by atoms with Crippen molar-refractivity contribution in [1.29, 1.82) is 0 Å². The largest absolute Gasteiger partial charge is 0.369 e. The number of hydrogen-bond donors (Lipinski definition) is 3. The Hall–Kier alpha value is -0.530. The van der Waals surface area contributed by atoms with Crippen molar-refractivity contribution in [3.05, 3.63) is 10.8 Å². The summed E-state index contributed by atoms with van der Waals surface area (Å²) in [6.45, 7) is 0.959. The van der Waals surface area contributed by atoms with E-state index in [9.17, 15) is 0 Å². The van der Waals surface area contributed by atoms with E-state index in [0.717, 1.165) is 22.8 Å². The van der Waals surface area contributed by atoms with Crippen LogP contribution in [-0.2, 0) is 0 Å². The van der Waals surface area contributed by atoms with Gasteiger partial charge in [-0.3, -0.25) is 0 Å². The molecule has 1 aromatic rings. The van der Waals surface area contributed by atoms with Gasteiger partial charge in [0, 0.05) is 6.54 Å². The second-order valence-electron chi connectivity index (χ2n) is 3.97. The maximum absolute atomic E-state index is 5.36. The van der Waals surface area contributed by atoms with Crippen LogP contribution in [0.3, 0.4) is 0 Å². The quantitative estimate of drug-likeness (QED) is 0.583. The van der Waals surface area contributed by atoms with E-state index in [2.05, 4.69) is 36.6 Å². The van der Waals surface area contributed by atoms with Crippen LogP contribution in [-0.4, -0.2) is 28.0 Å². The first-order valence-corrected chi connectivity index (χ1v) is 7.54. The van der Waals surface area contributed by atoms with Crippen LogP contribution in [0.15, 0.2) is 10.8 Å². The number of halogens is 1. The molecule has 7 heteroatoms. The number of hydrogen-bond acceptors (Lipinski definition) is 6. The summed E-state index contributed by atoms with van der Waals surface area (Å²) in [7, 11) is 0. The number of thioether (sulfide) groups is 1. The fourth-order valence-electron chi connectivity index (χ4n) is 1.79. The van der Waals surface area contributed by atoms with Crippen LogP contribution in [0.5, 0.6) is 0 Å². The third kappa shape index (κ3) is 3.46. The molecule has 0 unspecified atom stereocenters. The van der Waals surface area contributed by atoms with E-state index in [1.54, 1.807) is 0 Å². The average molecular weight is 318 g/mol. The average Bonchev–Trinajstić information content (AvgIpc) is 2.39. The smallest absolute Gasteiger partial charge is 0.159 e. The molecule has 2 rings (SSSR count). The van der Waals surface area contributed by atoms with Gasteiger partial charge in [0.15, 0.2) is 5.82 Å². The number of nitrogens with one attached hydrogen (secondary N) is 2. The summed E-state index contributed by atoms with van der Waals surface area (Å²) >= 11 is 5.47. The summed E-state index contributed by atoms with van der Waals surface area (Å²) in [5, 5.41) is 3.35. The molecule has 0 atom stereocenters. The molecule has 1 saturated heterocycles. The molecule has 5 nitrogen and oxygen atoms in total. The summed E-state index contributed by atoms with van der Waals surface area (Å²) in [5.74, 6) is 10.0. The highest BCUT2D eigenvalue weighted by Gasteiger charge is 2.14. The number of anilines is 2. The second-order valence-corrected chi connectivity index (χ2v) is 5.98. The Morgan fingerprint density at radius 2 is 2.06 bits per heavy atom. The molecule has 0 aromatic carbocycles. The molecular weight excluding hydrogens is 302 g/mol. The van der Waals surface area contributed by atoms with Crippen molar-refractivity contribution >= 4 is 39.3 Å². The zero-order valence-corrected chi connectivity index (χ0v) is 11.9. The van der Waals surface area contributed by atoms with Crippen LogP contribution in [0.25, 0.3) is 0 Å². The molecule has 17 heavy (non-hydrogen) atoms. The SMILES string of the molecule is NNc1ncnc(NCC2CCSCC2)c1Br. The van der Waals surface area contributed by atoms with Gasteiger partial charge in [-0.15, -0.1) is 0 Å². The highest BCUT2D eigenvalue weighted by molar-refractivity contribution is 9.10. The topological polar surface area (TPSA) is 75.9 Å². The van der Waals surface area contributed by atoms with Crippen molar-refractivity contribution in [2.75, 3.05) is 28.8 Å². The third-order valence-corrected chi connectivity index (χ3v) is 4.63. The lowest BCUT2D eigenvalue weighted by Crippen LogP contribution is -2.20. The van der Waals surface area contributed by atoms with Gasteiger partial charge in [0.05, 0.1) is 0 Å². The lowest BCUT2D eigenvalue weighted by Gasteiger charge is -2.22. The maximum atomic E-state index is 5.36. The lowest BCUT2D eigenvalue weighted by atomic mass is 10.0. The lowest BCUT2D eigenvalue weighted by molar-refractivity contribution is 0.515. The van der Waals surface area contributed by atoms with Crippen molar-refractivity contribution in [2.45, 2.75) is 12.8 Å². The summed E-state index contributed by atoms with van der Waals surface area (Å²) < 4.78 is 0.785. The molecule has 1 aliphatic rings. The van der Waals surface area contributed by atoms with Crippen molar-refractivity contribution in [1.82, 2.24) is 9.97 Å². The predicted octanol–water partition coefficient (Wildman–Crippen LogP) is 2.08. The molecule has 2 heterocycles. The number of nitrogen functional groups attached to an aromatic ring is 1. The van der Waals surface area contributed by atoms with Crippen LogP contribution in [0.4, 0.5) is 11.6 Å². The fourth-order valence-corrected chi connectivity index (χ4v) is 3.45. The van der Waals surface area contributed by atoms with Crippen molar-refractivity contribution in [3.8, 4) is 0 Å². The zero-order chi connectivity index (χ0) is 12.1. The third-order valence-electron chi connectivity index (χ3n) is 2.83. The highest BCUT2D eigenvalue weighted by Crippen LogP contribution is 2.27. The van der Waals surface area contributed by atoms with Crippen LogP contribution < -0.4 is 16.6 Å². The van der Waals surface area contributed by atoms with Crippen molar-refractivity contribution in [2.24, 2.45) is 11.8 Å². The van der Waals surface area contributed by atoms with E-state index in [0.29, 0.717) is 5.82 Å². The van der Waals surface area contributed by atoms with Crippen LogP contribution >= 0.6 is 27.7 Å². The Morgan fingerprint density at radius 3 is 2.76 bits per heavy atom. The summed E-state index contributed by atoms with van der Waals surface area (Å²) in [6, 6.07) is 0. The van der Waals surface area contributed by atoms with Crippen LogP contribution in [0, 0.1) is 5.92 Å². The van der Waals surface area contributed by atoms with Gasteiger partial charge in [-0.05, 0) is 46.2 Å². The van der Waals surface area contributed by atoms with E-state index in [1.165, 1.54) is 30.7 Å². The Morgan fingerprint density at radius 1 is 1.35 bits per heavy atom. The minimum Gasteiger partial charge on any atom is -0.369 e. The van der Waals surface area contributed by atoms with Gasteiger partial charge in [0.1, 0.15) is 16.6 Å². The van der Waals surface area contributed by atoms with Gasteiger partial charge in [-0.1, -0.05) is 0 Å². The minimum atomic E-state index is 0.599. The zero-order valence-electron chi connectivity index (χ0n) is 9.45. The highest BCUT2D eigenvalue weighted by atomic mass is 79.9. The van der Waals surface area contributed by atoms with Gasteiger partial charge in [0.25, 0.3) is 0 Å². The number of hydrazine groups is 1. The molecule has 0 aliphatic carbocycles. The molecule has 0 radical (unpaired) electrons. The minimum absolute atomic E-state index is 0.599. The normalized spacial score (nSPS) is 16.8. The molecule has 0 bridgehead atoms. The predicted molar refractivity (Wildman–Crippen MR) is 76.1 cm³/mol. The number of nitrogens with two attached hydrogens (primary N) is 1. The summed E-state index contributed by atoms with van der Waals surface area (Å²) in [6.07, 6.45) is 4.06. The van der Waals surface area contributed by atoms with E-state index in [1.807, 2.05) is 11.8 Å². The summed E-state index contributed by atoms with van der Waals surface area (Å²) in [4.78, 5) is 8.22. The first-order chi connectivity index (χ1) is 8.31. The Labute approximate surface area is 113 Å². The van der Waals surface area contributed by atoms with E-state index in [-0.39, 0.29) is 0 Å². The molecule has 0 saturated carbocycles. The van der Waals surface area contributed by atoms with E-state index >= 15 is 0 Å². The van der Waals surface area contributed by atoms with Crippen LogP contribution in [0.2, 0.25) is 0 Å². The summed E-state index contributed by atoms with van der Waals surface area (Å²) in [5.41, 5.74) is 2.53. The van der Waals surface area contributed by atoms with Crippen LogP contribution in [0.1, 0.15) is 12.8 Å². The first kappa shape index (κ1) is 12.9. The standard InChI is InChI=1S/C10H16BrN5S/c11-8-9(14-6-15-10(8)16-12)13-5-7-1-3-17-4-2-7/h6-7H,1-5,12H2,(H2,13,14,15,16). The number of rotatable bonds is 4. The molecule has 1 fully saturated rings. The Bertz CT molecular complexity index is 370. The van der Waals surface area contributed by atoms with Crippen molar-refractivity contribution in [3.63, 3.8) is 0 Å². The maximum Gasteiger partial charge on any atom is 0.159 e. The van der Waals surface area contributed by atoms with E-state index < -0.39 is 0 Å². The van der Waals surface area contributed by atoms with Gasteiger partial charge >= 0.3 is 0 Å². The molecule has 1 aliphatic heterocycles. The number of nitrogens with zero attached hydrogens (tertiary/aromatic N) is 2. The van der Waals surface area contributed by atoms with Gasteiger partial charge < -0.3 is 10.7 Å². The van der Waals surface area contributed by atoms with Gasteiger partial charge in [0.2, 0.25) is 0 Å². The Balaban J connectivity index is 1.93. The monoisotopic (exact) mass is 317 g/mol. The van der Waals surface area contributed by atoms with Gasteiger partial charge in [-0.2, -0.15) is 11.8 Å². The molecule has 0 amide bonds. The first-order valence-electron chi connectivity index (χ1n) is 5.60. The molecule has 4 N–H and O–H groups in total. The molecule has 94 valence electrons.